The molecule has 0 bridgehead atoms. The average Bonchev–Trinajstić information content (AvgIpc) is 2.79. The lowest BCUT2D eigenvalue weighted by Crippen LogP contribution is -2.36. The number of anilines is 2. The molecule has 1 unspecified atom stereocenters. The zero-order valence-electron chi connectivity index (χ0n) is 17.9. The number of hydrogen-bond acceptors (Lipinski definition) is 5. The summed E-state index contributed by atoms with van der Waals surface area (Å²) in [6.07, 6.45) is -0.631. The van der Waals surface area contributed by atoms with Crippen LogP contribution < -0.4 is 10.2 Å². The highest BCUT2D eigenvalue weighted by molar-refractivity contribution is 5.82. The molecule has 0 amide bonds. The van der Waals surface area contributed by atoms with Gasteiger partial charge in [-0.25, -0.2) is 23.1 Å². The largest absolute Gasteiger partial charge is 0.365 e. The minimum absolute atomic E-state index is 0.127. The Bertz CT molecular complexity index is 1170. The summed E-state index contributed by atoms with van der Waals surface area (Å²) >= 11 is 0. The molecular weight excluding hydrogens is 415 g/mol. The van der Waals surface area contributed by atoms with E-state index < -0.39 is 23.7 Å². The SMILES string of the molecule is CC(C)Nc1nc2ccc(C#N)cc2nc1N1CCC(C(F)c2cc(F)ccc2F)CC1. The summed E-state index contributed by atoms with van der Waals surface area (Å²) in [5.41, 5.74) is 1.57. The normalized spacial score (nSPS) is 15.7. The fraction of sp³-hybridized carbons (Fsp3) is 0.375. The number of halogens is 3. The maximum Gasteiger partial charge on any atom is 0.172 e. The Hall–Kier alpha value is -3.34. The molecule has 166 valence electrons. The van der Waals surface area contributed by atoms with Crippen molar-refractivity contribution in [3.63, 3.8) is 0 Å². The molecule has 0 spiro atoms. The maximum atomic E-state index is 15.0. The van der Waals surface area contributed by atoms with Crippen LogP contribution in [-0.2, 0) is 0 Å². The predicted molar refractivity (Wildman–Crippen MR) is 118 cm³/mol. The number of nitriles is 1. The van der Waals surface area contributed by atoms with E-state index in [-0.39, 0.29) is 11.6 Å². The van der Waals surface area contributed by atoms with Crippen LogP contribution in [0.15, 0.2) is 36.4 Å². The molecule has 2 aromatic carbocycles. The molecule has 0 radical (unpaired) electrons. The van der Waals surface area contributed by atoms with Crippen LogP contribution in [0.2, 0.25) is 0 Å². The van der Waals surface area contributed by atoms with Gasteiger partial charge in [-0.2, -0.15) is 5.26 Å². The minimum Gasteiger partial charge on any atom is -0.365 e. The molecule has 1 saturated heterocycles. The Morgan fingerprint density at radius 1 is 1.06 bits per heavy atom. The topological polar surface area (TPSA) is 64.8 Å². The molecular formula is C24H24F3N5. The van der Waals surface area contributed by atoms with Gasteiger partial charge in [0.1, 0.15) is 17.8 Å². The molecule has 32 heavy (non-hydrogen) atoms. The molecule has 3 aromatic rings. The Morgan fingerprint density at radius 2 is 1.81 bits per heavy atom. The molecule has 2 heterocycles. The van der Waals surface area contributed by atoms with Crippen molar-refractivity contribution < 1.29 is 13.2 Å². The summed E-state index contributed by atoms with van der Waals surface area (Å²) in [6, 6.07) is 10.3. The van der Waals surface area contributed by atoms with Crippen LogP contribution in [0.1, 0.15) is 44.0 Å². The molecule has 1 fully saturated rings. The van der Waals surface area contributed by atoms with Gasteiger partial charge >= 0.3 is 0 Å². The molecule has 1 aromatic heterocycles. The molecule has 5 nitrogen and oxygen atoms in total. The van der Waals surface area contributed by atoms with Crippen LogP contribution in [0.5, 0.6) is 0 Å². The van der Waals surface area contributed by atoms with Crippen LogP contribution in [0.25, 0.3) is 11.0 Å². The number of nitrogens with one attached hydrogen (secondary N) is 1. The first-order chi connectivity index (χ1) is 15.4. The highest BCUT2D eigenvalue weighted by Crippen LogP contribution is 2.37. The lowest BCUT2D eigenvalue weighted by molar-refractivity contribution is 0.193. The monoisotopic (exact) mass is 439 g/mol. The first-order valence-electron chi connectivity index (χ1n) is 10.7. The third-order valence-electron chi connectivity index (χ3n) is 5.71. The van der Waals surface area contributed by atoms with Crippen molar-refractivity contribution in [3.8, 4) is 6.07 Å². The number of rotatable bonds is 5. The Morgan fingerprint density at radius 3 is 2.50 bits per heavy atom. The van der Waals surface area contributed by atoms with Gasteiger partial charge < -0.3 is 10.2 Å². The second-order valence-electron chi connectivity index (χ2n) is 8.40. The fourth-order valence-electron chi connectivity index (χ4n) is 4.09. The number of piperidine rings is 1. The van der Waals surface area contributed by atoms with E-state index in [4.69, 9.17) is 9.97 Å². The van der Waals surface area contributed by atoms with Gasteiger partial charge in [0.2, 0.25) is 0 Å². The average molecular weight is 439 g/mol. The van der Waals surface area contributed by atoms with Gasteiger partial charge in [0, 0.05) is 24.7 Å². The van der Waals surface area contributed by atoms with Gasteiger partial charge in [0.05, 0.1) is 22.7 Å². The van der Waals surface area contributed by atoms with Crippen LogP contribution in [-0.4, -0.2) is 29.1 Å². The lowest BCUT2D eigenvalue weighted by Gasteiger charge is -2.35. The fourth-order valence-corrected chi connectivity index (χ4v) is 4.09. The first-order valence-corrected chi connectivity index (χ1v) is 10.7. The van der Waals surface area contributed by atoms with Gasteiger partial charge in [-0.1, -0.05) is 0 Å². The van der Waals surface area contributed by atoms with E-state index in [2.05, 4.69) is 11.4 Å². The summed E-state index contributed by atoms with van der Waals surface area (Å²) in [5.74, 6) is -0.508. The summed E-state index contributed by atoms with van der Waals surface area (Å²) in [7, 11) is 0. The van der Waals surface area contributed by atoms with E-state index in [1.807, 2.05) is 18.7 Å². The summed E-state index contributed by atoms with van der Waals surface area (Å²) < 4.78 is 42.6. The molecule has 0 saturated carbocycles. The van der Waals surface area contributed by atoms with Crippen molar-refractivity contribution in [2.75, 3.05) is 23.3 Å². The number of aromatic nitrogens is 2. The first kappa shape index (κ1) is 21.9. The van der Waals surface area contributed by atoms with Gasteiger partial charge in [-0.3, -0.25) is 0 Å². The van der Waals surface area contributed by atoms with E-state index in [0.29, 0.717) is 54.2 Å². The highest BCUT2D eigenvalue weighted by Gasteiger charge is 2.31. The van der Waals surface area contributed by atoms with Crippen LogP contribution >= 0.6 is 0 Å². The standard InChI is InChI=1S/C24H24F3N5/c1-14(2)29-23-24(31-21-11-15(13-28)3-6-20(21)30-23)32-9-7-16(8-10-32)22(27)18-12-17(25)4-5-19(18)26/h3-6,11-12,14,16,22H,7-10H2,1-2H3,(H,29,30). The van der Waals surface area contributed by atoms with Crippen molar-refractivity contribution in [1.29, 1.82) is 5.26 Å². The third-order valence-corrected chi connectivity index (χ3v) is 5.71. The molecule has 1 aliphatic rings. The van der Waals surface area contributed by atoms with Crippen LogP contribution in [0, 0.1) is 28.9 Å². The second kappa shape index (κ2) is 9.03. The molecule has 1 aliphatic heterocycles. The number of fused-ring (bicyclic) bond motifs is 1. The van der Waals surface area contributed by atoms with Crippen molar-refractivity contribution in [2.45, 2.75) is 38.9 Å². The van der Waals surface area contributed by atoms with Gasteiger partial charge in [-0.05, 0) is 69.0 Å². The van der Waals surface area contributed by atoms with E-state index in [1.54, 1.807) is 18.2 Å². The smallest absolute Gasteiger partial charge is 0.172 e. The van der Waals surface area contributed by atoms with E-state index in [1.165, 1.54) is 0 Å². The van der Waals surface area contributed by atoms with Crippen molar-refractivity contribution in [3.05, 3.63) is 59.2 Å². The minimum atomic E-state index is -1.57. The Kier molecular flexibility index (Phi) is 6.17. The summed E-state index contributed by atoms with van der Waals surface area (Å²) in [6.45, 7) is 5.02. The molecule has 1 atom stereocenters. The maximum absolute atomic E-state index is 15.0. The number of benzene rings is 2. The van der Waals surface area contributed by atoms with Gasteiger partial charge in [-0.15, -0.1) is 0 Å². The Labute approximate surface area is 184 Å². The van der Waals surface area contributed by atoms with Crippen molar-refractivity contribution in [2.24, 2.45) is 5.92 Å². The van der Waals surface area contributed by atoms with E-state index >= 15 is 4.39 Å². The number of hydrogen-bond donors (Lipinski definition) is 1. The van der Waals surface area contributed by atoms with E-state index in [0.717, 1.165) is 18.2 Å². The number of alkyl halides is 1. The van der Waals surface area contributed by atoms with Crippen molar-refractivity contribution >= 4 is 22.7 Å². The van der Waals surface area contributed by atoms with Gasteiger partial charge in [0.15, 0.2) is 11.6 Å². The van der Waals surface area contributed by atoms with Crippen molar-refractivity contribution in [1.82, 2.24) is 9.97 Å². The number of nitrogens with zero attached hydrogens (tertiary/aromatic N) is 4. The van der Waals surface area contributed by atoms with Crippen LogP contribution in [0.4, 0.5) is 24.8 Å². The molecule has 4 rings (SSSR count). The lowest BCUT2D eigenvalue weighted by atomic mass is 9.88. The third kappa shape index (κ3) is 4.47. The van der Waals surface area contributed by atoms with E-state index in [9.17, 15) is 14.0 Å². The van der Waals surface area contributed by atoms with Gasteiger partial charge in [0.25, 0.3) is 0 Å². The predicted octanol–water partition coefficient (Wildman–Crippen LogP) is 5.53. The Balaban J connectivity index is 1.58. The zero-order valence-corrected chi connectivity index (χ0v) is 17.9. The quantitative estimate of drug-likeness (QED) is 0.567. The molecule has 1 N–H and O–H groups in total. The summed E-state index contributed by atoms with van der Waals surface area (Å²) in [5, 5.41) is 12.5. The molecule has 0 aliphatic carbocycles. The second-order valence-corrected chi connectivity index (χ2v) is 8.40. The highest BCUT2D eigenvalue weighted by atomic mass is 19.1. The zero-order chi connectivity index (χ0) is 22.8. The van der Waals surface area contributed by atoms with Crippen LogP contribution in [0.3, 0.4) is 0 Å². The summed E-state index contributed by atoms with van der Waals surface area (Å²) in [4.78, 5) is 11.5. The molecule has 8 heteroatoms.